The lowest BCUT2D eigenvalue weighted by molar-refractivity contribution is 0.0161. The second kappa shape index (κ2) is 10.3. The third-order valence-electron chi connectivity index (χ3n) is 5.39. The highest BCUT2D eigenvalue weighted by Crippen LogP contribution is 2.25. The molecule has 1 aromatic heterocycles. The lowest BCUT2D eigenvalue weighted by Gasteiger charge is -2.34. The Morgan fingerprint density at radius 1 is 0.939 bits per heavy atom. The van der Waals surface area contributed by atoms with Crippen molar-refractivity contribution in [3.63, 3.8) is 0 Å². The van der Waals surface area contributed by atoms with Gasteiger partial charge in [0.25, 0.3) is 5.91 Å². The second-order valence-corrected chi connectivity index (χ2v) is 10.3. The molecule has 1 fully saturated rings. The van der Waals surface area contributed by atoms with Gasteiger partial charge in [-0.15, -0.1) is 0 Å². The van der Waals surface area contributed by atoms with Crippen molar-refractivity contribution in [1.82, 2.24) is 10.2 Å². The first-order chi connectivity index (χ1) is 15.8. The number of nitrogens with zero attached hydrogens (tertiary/aromatic N) is 1. The van der Waals surface area contributed by atoms with E-state index >= 15 is 0 Å². The molecule has 3 aromatic rings. The second-order valence-electron chi connectivity index (χ2n) is 7.50. The maximum absolute atomic E-state index is 12.8. The summed E-state index contributed by atoms with van der Waals surface area (Å²) in [5, 5.41) is 3.61. The molecule has 0 spiro atoms. The maximum Gasteiger partial charge on any atom is 0.287 e. The lowest BCUT2D eigenvalue weighted by Crippen LogP contribution is -2.43. The summed E-state index contributed by atoms with van der Waals surface area (Å²) in [5.74, 6) is -0.584. The van der Waals surface area contributed by atoms with Crippen molar-refractivity contribution in [1.29, 1.82) is 0 Å². The quantitative estimate of drug-likeness (QED) is 0.513. The molecule has 1 N–H and O–H groups in total. The van der Waals surface area contributed by atoms with Crippen molar-refractivity contribution < 1.29 is 22.4 Å². The minimum Gasteiger partial charge on any atom is -0.439 e. The molecular formula is C23H22Cl2N2O5S. The Morgan fingerprint density at radius 3 is 2.18 bits per heavy atom. The number of carbonyl (C=O) groups excluding carboxylic acids is 1. The summed E-state index contributed by atoms with van der Waals surface area (Å²) < 4.78 is 36.4. The summed E-state index contributed by atoms with van der Waals surface area (Å²) in [4.78, 5) is 15.0. The van der Waals surface area contributed by atoms with Gasteiger partial charge in [0.05, 0.1) is 24.2 Å². The van der Waals surface area contributed by atoms with Crippen LogP contribution in [0.5, 0.6) is 0 Å². The molecule has 0 saturated carbocycles. The van der Waals surface area contributed by atoms with Gasteiger partial charge in [-0.3, -0.25) is 9.69 Å². The molecule has 1 amide bonds. The van der Waals surface area contributed by atoms with Crippen LogP contribution in [-0.4, -0.2) is 52.1 Å². The van der Waals surface area contributed by atoms with E-state index in [-0.39, 0.29) is 21.8 Å². The molecule has 33 heavy (non-hydrogen) atoms. The number of amides is 1. The number of carbonyl (C=O) groups is 1. The normalized spacial score (nSPS) is 15.8. The summed E-state index contributed by atoms with van der Waals surface area (Å²) >= 11 is 11.9. The predicted octanol–water partition coefficient (Wildman–Crippen LogP) is 4.22. The van der Waals surface area contributed by atoms with E-state index < -0.39 is 15.7 Å². The van der Waals surface area contributed by atoms with Crippen molar-refractivity contribution in [3.8, 4) is 0 Å². The van der Waals surface area contributed by atoms with E-state index in [0.717, 1.165) is 18.7 Å². The Balaban J connectivity index is 1.48. The van der Waals surface area contributed by atoms with Gasteiger partial charge in [-0.2, -0.15) is 0 Å². The van der Waals surface area contributed by atoms with Gasteiger partial charge in [0, 0.05) is 29.7 Å². The summed E-state index contributed by atoms with van der Waals surface area (Å²) in [6, 6.07) is 15.7. The summed E-state index contributed by atoms with van der Waals surface area (Å²) in [6.45, 7) is 2.99. The zero-order valence-corrected chi connectivity index (χ0v) is 19.9. The Labute approximate surface area is 202 Å². The van der Waals surface area contributed by atoms with Crippen LogP contribution in [0.15, 0.2) is 75.1 Å². The van der Waals surface area contributed by atoms with Crippen molar-refractivity contribution in [3.05, 3.63) is 82.0 Å². The van der Waals surface area contributed by atoms with E-state index in [2.05, 4.69) is 10.2 Å². The van der Waals surface area contributed by atoms with Crippen molar-refractivity contribution >= 4 is 38.9 Å². The molecular weight excluding hydrogens is 487 g/mol. The van der Waals surface area contributed by atoms with E-state index in [9.17, 15) is 13.2 Å². The fourth-order valence-corrected chi connectivity index (χ4v) is 5.05. The molecule has 174 valence electrons. The Bertz CT molecular complexity index is 1200. The topological polar surface area (TPSA) is 88.9 Å². The van der Waals surface area contributed by atoms with Crippen LogP contribution in [0.2, 0.25) is 10.0 Å². The van der Waals surface area contributed by atoms with Crippen LogP contribution in [0.4, 0.5) is 0 Å². The van der Waals surface area contributed by atoms with Crippen LogP contribution in [0.1, 0.15) is 22.2 Å². The van der Waals surface area contributed by atoms with Crippen LogP contribution in [-0.2, 0) is 14.6 Å². The summed E-state index contributed by atoms with van der Waals surface area (Å²) in [6.07, 6.45) is 0. The number of morpholine rings is 1. The molecule has 1 saturated heterocycles. The van der Waals surface area contributed by atoms with Crippen LogP contribution in [0.3, 0.4) is 0 Å². The van der Waals surface area contributed by atoms with Gasteiger partial charge < -0.3 is 14.5 Å². The number of rotatable bonds is 7. The summed E-state index contributed by atoms with van der Waals surface area (Å²) in [5.41, 5.74) is 1.01. The van der Waals surface area contributed by atoms with Crippen molar-refractivity contribution in [2.24, 2.45) is 0 Å². The minimum absolute atomic E-state index is 0.0309. The molecule has 10 heteroatoms. The highest BCUT2D eigenvalue weighted by molar-refractivity contribution is 7.91. The number of furan rings is 1. The van der Waals surface area contributed by atoms with E-state index in [1.165, 1.54) is 36.4 Å². The standard InChI is InChI=1S/C23H22Cl2N2O5S/c24-17-3-1-16(2-4-17)20(27-11-13-31-14-12-27)15-26-23(28)21-9-10-22(32-21)33(29,30)19-7-5-18(25)6-8-19/h1-10,20H,11-15H2,(H,26,28). The van der Waals surface area contributed by atoms with E-state index in [1.54, 1.807) is 0 Å². The molecule has 4 rings (SSSR count). The zero-order valence-electron chi connectivity index (χ0n) is 17.5. The fraction of sp³-hybridized carbons (Fsp3) is 0.261. The number of hydrogen-bond donors (Lipinski definition) is 1. The largest absolute Gasteiger partial charge is 0.439 e. The minimum atomic E-state index is -3.90. The molecule has 1 aliphatic heterocycles. The number of hydrogen-bond acceptors (Lipinski definition) is 6. The van der Waals surface area contributed by atoms with Crippen molar-refractivity contribution in [2.75, 3.05) is 32.8 Å². The number of ether oxygens (including phenoxy) is 1. The molecule has 1 atom stereocenters. The highest BCUT2D eigenvalue weighted by atomic mass is 35.5. The number of nitrogens with one attached hydrogen (secondary N) is 1. The van der Waals surface area contributed by atoms with Gasteiger partial charge in [0.1, 0.15) is 0 Å². The van der Waals surface area contributed by atoms with Gasteiger partial charge in [-0.1, -0.05) is 35.3 Å². The average molecular weight is 509 g/mol. The van der Waals surface area contributed by atoms with E-state index in [1.807, 2.05) is 24.3 Å². The molecule has 7 nitrogen and oxygen atoms in total. The van der Waals surface area contributed by atoms with Gasteiger partial charge in [0.15, 0.2) is 5.76 Å². The first kappa shape index (κ1) is 23.8. The first-order valence-corrected chi connectivity index (χ1v) is 12.5. The Morgan fingerprint density at radius 2 is 1.55 bits per heavy atom. The first-order valence-electron chi connectivity index (χ1n) is 10.3. The third kappa shape index (κ3) is 5.59. The van der Waals surface area contributed by atoms with Gasteiger partial charge in [-0.05, 0) is 54.1 Å². The smallest absolute Gasteiger partial charge is 0.287 e. The van der Waals surface area contributed by atoms with Gasteiger partial charge >= 0.3 is 0 Å². The number of halogens is 2. The van der Waals surface area contributed by atoms with Crippen LogP contribution in [0, 0.1) is 0 Å². The molecule has 1 aliphatic rings. The molecule has 2 heterocycles. The molecule has 0 aliphatic carbocycles. The predicted molar refractivity (Wildman–Crippen MR) is 125 cm³/mol. The fourth-order valence-electron chi connectivity index (χ4n) is 3.62. The SMILES string of the molecule is O=C(NCC(c1ccc(Cl)cc1)N1CCOCC1)c1ccc(S(=O)(=O)c2ccc(Cl)cc2)o1. The van der Waals surface area contributed by atoms with Crippen LogP contribution >= 0.6 is 23.2 Å². The zero-order chi connectivity index (χ0) is 23.4. The summed E-state index contributed by atoms with van der Waals surface area (Å²) in [7, 11) is -3.90. The third-order valence-corrected chi connectivity index (χ3v) is 7.54. The Kier molecular flexibility index (Phi) is 7.41. The Hall–Kier alpha value is -2.36. The number of benzene rings is 2. The lowest BCUT2D eigenvalue weighted by atomic mass is 10.0. The number of sulfone groups is 1. The monoisotopic (exact) mass is 508 g/mol. The highest BCUT2D eigenvalue weighted by Gasteiger charge is 2.26. The molecule has 1 unspecified atom stereocenters. The average Bonchev–Trinajstić information content (AvgIpc) is 3.33. The maximum atomic E-state index is 12.8. The van der Waals surface area contributed by atoms with E-state index in [0.29, 0.717) is 29.8 Å². The molecule has 0 bridgehead atoms. The van der Waals surface area contributed by atoms with Gasteiger partial charge in [0.2, 0.25) is 14.9 Å². The van der Waals surface area contributed by atoms with Gasteiger partial charge in [-0.25, -0.2) is 8.42 Å². The molecule has 0 radical (unpaired) electrons. The van der Waals surface area contributed by atoms with Crippen molar-refractivity contribution in [2.45, 2.75) is 16.0 Å². The van der Waals surface area contributed by atoms with E-state index in [4.69, 9.17) is 32.4 Å². The van der Waals surface area contributed by atoms with Crippen LogP contribution in [0.25, 0.3) is 0 Å². The van der Waals surface area contributed by atoms with Crippen LogP contribution < -0.4 is 5.32 Å². The molecule has 2 aromatic carbocycles.